The van der Waals surface area contributed by atoms with E-state index in [0.29, 0.717) is 6.04 Å². The Morgan fingerprint density at radius 2 is 1.90 bits per heavy atom. The summed E-state index contributed by atoms with van der Waals surface area (Å²) in [5, 5.41) is 0.760. The number of benzene rings is 1. The Morgan fingerprint density at radius 1 is 1.25 bits per heavy atom. The van der Waals surface area contributed by atoms with Crippen molar-refractivity contribution in [3.05, 3.63) is 29.0 Å². The predicted octanol–water partition coefficient (Wildman–Crippen LogP) is 4.04. The fourth-order valence-electron chi connectivity index (χ4n) is 2.50. The van der Waals surface area contributed by atoms with E-state index in [4.69, 9.17) is 22.3 Å². The van der Waals surface area contributed by atoms with Crippen LogP contribution in [0.4, 0.5) is 0 Å². The second kappa shape index (κ2) is 4.22. The highest BCUT2D eigenvalue weighted by molar-refractivity contribution is 6.31. The Labute approximate surface area is 125 Å². The van der Waals surface area contributed by atoms with Crippen LogP contribution < -0.4 is 5.73 Å². The standard InChI is InChI=1S/C16H22ClN3/c1-15(2,16(3,4)18)14-19-12-8-5-10(17)9-13(12)20(14)11-6-7-11/h5,8-9,11H,6-7,18H2,1-4H3. The van der Waals surface area contributed by atoms with Crippen LogP contribution in [0.2, 0.25) is 5.02 Å². The summed E-state index contributed by atoms with van der Waals surface area (Å²) < 4.78 is 2.36. The molecule has 1 saturated carbocycles. The van der Waals surface area contributed by atoms with Gasteiger partial charge in [0.2, 0.25) is 0 Å². The average molecular weight is 292 g/mol. The summed E-state index contributed by atoms with van der Waals surface area (Å²) in [6, 6.07) is 6.47. The van der Waals surface area contributed by atoms with Gasteiger partial charge < -0.3 is 10.3 Å². The van der Waals surface area contributed by atoms with Gasteiger partial charge in [0, 0.05) is 22.0 Å². The predicted molar refractivity (Wildman–Crippen MR) is 84.3 cm³/mol. The van der Waals surface area contributed by atoms with Crippen molar-refractivity contribution in [1.29, 1.82) is 0 Å². The molecule has 2 N–H and O–H groups in total. The Kier molecular flexibility index (Phi) is 2.93. The summed E-state index contributed by atoms with van der Waals surface area (Å²) in [5.74, 6) is 1.07. The SMILES string of the molecule is CC(C)(N)C(C)(C)c1nc2ccc(Cl)cc2n1C1CC1. The van der Waals surface area contributed by atoms with Crippen molar-refractivity contribution in [1.82, 2.24) is 9.55 Å². The molecule has 0 saturated heterocycles. The quantitative estimate of drug-likeness (QED) is 0.927. The summed E-state index contributed by atoms with van der Waals surface area (Å²) in [7, 11) is 0. The van der Waals surface area contributed by atoms with Crippen LogP contribution in [0.25, 0.3) is 11.0 Å². The number of rotatable bonds is 3. The van der Waals surface area contributed by atoms with E-state index in [1.807, 2.05) is 18.2 Å². The smallest absolute Gasteiger partial charge is 0.117 e. The molecule has 1 aromatic heterocycles. The number of halogens is 1. The van der Waals surface area contributed by atoms with E-state index in [0.717, 1.165) is 21.9 Å². The van der Waals surface area contributed by atoms with Gasteiger partial charge in [-0.3, -0.25) is 0 Å². The maximum atomic E-state index is 6.41. The molecule has 3 rings (SSSR count). The molecule has 108 valence electrons. The number of hydrogen-bond donors (Lipinski definition) is 1. The molecule has 1 heterocycles. The Hall–Kier alpha value is -1.06. The first-order chi connectivity index (χ1) is 9.22. The van der Waals surface area contributed by atoms with Gasteiger partial charge in [0.1, 0.15) is 5.82 Å². The lowest BCUT2D eigenvalue weighted by atomic mass is 9.74. The van der Waals surface area contributed by atoms with Gasteiger partial charge in [0.15, 0.2) is 0 Å². The van der Waals surface area contributed by atoms with Gasteiger partial charge in [-0.25, -0.2) is 4.98 Å². The maximum absolute atomic E-state index is 6.41. The zero-order chi connectivity index (χ0) is 14.7. The summed E-state index contributed by atoms with van der Waals surface area (Å²) >= 11 is 6.16. The van der Waals surface area contributed by atoms with E-state index < -0.39 is 0 Å². The topological polar surface area (TPSA) is 43.8 Å². The van der Waals surface area contributed by atoms with Crippen molar-refractivity contribution in [2.75, 3.05) is 0 Å². The van der Waals surface area contributed by atoms with Crippen LogP contribution in [0, 0.1) is 0 Å². The van der Waals surface area contributed by atoms with E-state index >= 15 is 0 Å². The molecule has 0 radical (unpaired) electrons. The second-order valence-electron chi connectivity index (χ2n) is 7.02. The van der Waals surface area contributed by atoms with Gasteiger partial charge in [-0.2, -0.15) is 0 Å². The van der Waals surface area contributed by atoms with Gasteiger partial charge in [-0.05, 0) is 44.9 Å². The number of fused-ring (bicyclic) bond motifs is 1. The first-order valence-electron chi connectivity index (χ1n) is 7.18. The van der Waals surface area contributed by atoms with E-state index in [9.17, 15) is 0 Å². The number of hydrogen-bond acceptors (Lipinski definition) is 2. The minimum atomic E-state index is -0.342. The van der Waals surface area contributed by atoms with Crippen LogP contribution in [-0.2, 0) is 5.41 Å². The molecule has 1 aliphatic carbocycles. The lowest BCUT2D eigenvalue weighted by Crippen LogP contribution is -2.51. The molecule has 2 aromatic rings. The number of nitrogens with zero attached hydrogens (tertiary/aromatic N) is 2. The van der Waals surface area contributed by atoms with Gasteiger partial charge in [0.25, 0.3) is 0 Å². The zero-order valence-electron chi connectivity index (χ0n) is 12.6. The van der Waals surface area contributed by atoms with Crippen molar-refractivity contribution in [2.45, 2.75) is 57.5 Å². The summed E-state index contributed by atoms with van der Waals surface area (Å²) in [5.41, 5.74) is 8.00. The highest BCUT2D eigenvalue weighted by Crippen LogP contribution is 2.43. The zero-order valence-corrected chi connectivity index (χ0v) is 13.3. The van der Waals surface area contributed by atoms with E-state index in [2.05, 4.69) is 32.3 Å². The molecular weight excluding hydrogens is 270 g/mol. The van der Waals surface area contributed by atoms with Crippen molar-refractivity contribution >= 4 is 22.6 Å². The number of aromatic nitrogens is 2. The molecule has 4 heteroatoms. The van der Waals surface area contributed by atoms with Crippen LogP contribution in [-0.4, -0.2) is 15.1 Å². The maximum Gasteiger partial charge on any atom is 0.117 e. The third kappa shape index (κ3) is 2.04. The molecule has 1 aliphatic rings. The van der Waals surface area contributed by atoms with Crippen LogP contribution in [0.1, 0.15) is 52.4 Å². The first-order valence-corrected chi connectivity index (χ1v) is 7.56. The molecule has 0 bridgehead atoms. The lowest BCUT2D eigenvalue weighted by Gasteiger charge is -2.38. The molecule has 0 spiro atoms. The Morgan fingerprint density at radius 3 is 2.45 bits per heavy atom. The first kappa shape index (κ1) is 13.9. The third-order valence-electron chi connectivity index (χ3n) is 4.73. The molecule has 0 amide bonds. The largest absolute Gasteiger partial charge is 0.325 e. The molecule has 20 heavy (non-hydrogen) atoms. The van der Waals surface area contributed by atoms with Crippen molar-refractivity contribution < 1.29 is 0 Å². The lowest BCUT2D eigenvalue weighted by molar-refractivity contribution is 0.283. The number of nitrogens with two attached hydrogens (primary N) is 1. The fourth-order valence-corrected chi connectivity index (χ4v) is 2.66. The van der Waals surface area contributed by atoms with Crippen molar-refractivity contribution in [2.24, 2.45) is 5.73 Å². The van der Waals surface area contributed by atoms with Gasteiger partial charge in [0.05, 0.1) is 11.0 Å². The second-order valence-corrected chi connectivity index (χ2v) is 7.45. The van der Waals surface area contributed by atoms with E-state index in [1.54, 1.807) is 0 Å². The summed E-state index contributed by atoms with van der Waals surface area (Å²) in [6.45, 7) is 8.48. The summed E-state index contributed by atoms with van der Waals surface area (Å²) in [4.78, 5) is 4.88. The van der Waals surface area contributed by atoms with Crippen molar-refractivity contribution in [3.8, 4) is 0 Å². The minimum absolute atomic E-state index is 0.207. The normalized spacial score (nSPS) is 16.9. The van der Waals surface area contributed by atoms with E-state index in [-0.39, 0.29) is 11.0 Å². The highest BCUT2D eigenvalue weighted by Gasteiger charge is 2.42. The third-order valence-corrected chi connectivity index (χ3v) is 4.97. The molecular formula is C16H22ClN3. The van der Waals surface area contributed by atoms with Gasteiger partial charge >= 0.3 is 0 Å². The monoisotopic (exact) mass is 291 g/mol. The van der Waals surface area contributed by atoms with Crippen LogP contribution in [0.15, 0.2) is 18.2 Å². The molecule has 0 aliphatic heterocycles. The molecule has 1 fully saturated rings. The average Bonchev–Trinajstić information content (AvgIpc) is 3.08. The minimum Gasteiger partial charge on any atom is -0.325 e. The van der Waals surface area contributed by atoms with Crippen LogP contribution in [0.3, 0.4) is 0 Å². The van der Waals surface area contributed by atoms with Gasteiger partial charge in [-0.1, -0.05) is 25.4 Å². The number of imidazole rings is 1. The van der Waals surface area contributed by atoms with Crippen molar-refractivity contribution in [3.63, 3.8) is 0 Å². The molecule has 1 aromatic carbocycles. The molecule has 0 atom stereocenters. The van der Waals surface area contributed by atoms with E-state index in [1.165, 1.54) is 12.8 Å². The van der Waals surface area contributed by atoms with Crippen LogP contribution >= 0.6 is 11.6 Å². The summed E-state index contributed by atoms with van der Waals surface area (Å²) in [6.07, 6.45) is 2.43. The fraction of sp³-hybridized carbons (Fsp3) is 0.562. The Bertz CT molecular complexity index is 660. The molecule has 3 nitrogen and oxygen atoms in total. The Balaban J connectivity index is 2.28. The van der Waals surface area contributed by atoms with Gasteiger partial charge in [-0.15, -0.1) is 0 Å². The molecule has 0 unspecified atom stereocenters. The highest BCUT2D eigenvalue weighted by atomic mass is 35.5. The van der Waals surface area contributed by atoms with Crippen LogP contribution in [0.5, 0.6) is 0 Å².